The molecule has 1 amide bonds. The van der Waals surface area contributed by atoms with Gasteiger partial charge in [-0.15, -0.1) is 0 Å². The average Bonchev–Trinajstić information content (AvgIpc) is 2.99. The number of nitrogens with zero attached hydrogens (tertiary/aromatic N) is 1. The molecule has 0 saturated heterocycles. The van der Waals surface area contributed by atoms with Gasteiger partial charge in [-0.25, -0.2) is 0 Å². The van der Waals surface area contributed by atoms with E-state index < -0.39 is 0 Å². The van der Waals surface area contributed by atoms with E-state index >= 15 is 0 Å². The Morgan fingerprint density at radius 3 is 2.71 bits per heavy atom. The normalized spacial score (nSPS) is 17.0. The number of rotatable bonds is 6. The Hall–Kier alpha value is -1.55. The van der Waals surface area contributed by atoms with Crippen molar-refractivity contribution >= 4 is 5.91 Å². The fourth-order valence-corrected chi connectivity index (χ4v) is 2.83. The van der Waals surface area contributed by atoms with Gasteiger partial charge in [0.25, 0.3) is 0 Å². The van der Waals surface area contributed by atoms with Gasteiger partial charge >= 0.3 is 0 Å². The molecule has 1 aliphatic rings. The van der Waals surface area contributed by atoms with Crippen LogP contribution in [0.5, 0.6) is 5.75 Å². The first-order valence-electron chi connectivity index (χ1n) is 7.74. The first-order valence-corrected chi connectivity index (χ1v) is 7.74. The zero-order valence-electron chi connectivity index (χ0n) is 13.3. The van der Waals surface area contributed by atoms with Gasteiger partial charge in [-0.3, -0.25) is 9.69 Å². The minimum absolute atomic E-state index is 0.124. The van der Waals surface area contributed by atoms with Crippen molar-refractivity contribution in [1.29, 1.82) is 0 Å². The largest absolute Gasteiger partial charge is 0.496 e. The number of nitrogens with one attached hydrogen (secondary N) is 1. The molecular weight excluding hydrogens is 264 g/mol. The van der Waals surface area contributed by atoms with Crippen molar-refractivity contribution in [3.63, 3.8) is 0 Å². The Morgan fingerprint density at radius 1 is 1.38 bits per heavy atom. The summed E-state index contributed by atoms with van der Waals surface area (Å²) >= 11 is 0. The standard InChI is InChI=1S/C17H26N2O2/c1-13(17(20)18-15-9-5-6-10-15)19(2)12-14-8-4-7-11-16(14)21-3/h4,7-8,11,13,15H,5-6,9-10,12H2,1-3H3,(H,18,20)/t13-/m1/s1. The van der Waals surface area contributed by atoms with Crippen LogP contribution in [0.2, 0.25) is 0 Å². The highest BCUT2D eigenvalue weighted by atomic mass is 16.5. The number of benzene rings is 1. The highest BCUT2D eigenvalue weighted by Crippen LogP contribution is 2.20. The molecule has 4 nitrogen and oxygen atoms in total. The number of ether oxygens (including phenoxy) is 1. The molecule has 0 aliphatic heterocycles. The van der Waals surface area contributed by atoms with E-state index in [0.29, 0.717) is 12.6 Å². The molecule has 0 spiro atoms. The predicted molar refractivity (Wildman–Crippen MR) is 84.3 cm³/mol. The number of carbonyl (C=O) groups excluding carboxylic acids is 1. The lowest BCUT2D eigenvalue weighted by Gasteiger charge is -2.26. The third-order valence-electron chi connectivity index (χ3n) is 4.35. The summed E-state index contributed by atoms with van der Waals surface area (Å²) in [6.07, 6.45) is 4.70. The van der Waals surface area contributed by atoms with Gasteiger partial charge in [0.1, 0.15) is 5.75 Å². The van der Waals surface area contributed by atoms with Gasteiger partial charge in [-0.1, -0.05) is 31.0 Å². The SMILES string of the molecule is COc1ccccc1CN(C)[C@H](C)C(=O)NC1CCCC1. The topological polar surface area (TPSA) is 41.6 Å². The van der Waals surface area contributed by atoms with E-state index in [2.05, 4.69) is 10.2 Å². The van der Waals surface area contributed by atoms with Crippen molar-refractivity contribution in [3.05, 3.63) is 29.8 Å². The van der Waals surface area contributed by atoms with Gasteiger partial charge < -0.3 is 10.1 Å². The number of para-hydroxylation sites is 1. The van der Waals surface area contributed by atoms with E-state index in [1.807, 2.05) is 38.2 Å². The number of carbonyl (C=O) groups is 1. The number of hydrogen-bond acceptors (Lipinski definition) is 3. The van der Waals surface area contributed by atoms with E-state index in [9.17, 15) is 4.79 Å². The second-order valence-electron chi connectivity index (χ2n) is 5.89. The van der Waals surface area contributed by atoms with Crippen LogP contribution in [0.25, 0.3) is 0 Å². The van der Waals surface area contributed by atoms with Crippen molar-refractivity contribution in [2.24, 2.45) is 0 Å². The Bertz CT molecular complexity index is 470. The zero-order valence-corrected chi connectivity index (χ0v) is 13.3. The van der Waals surface area contributed by atoms with Crippen molar-refractivity contribution in [2.45, 2.75) is 51.2 Å². The summed E-state index contributed by atoms with van der Waals surface area (Å²) in [7, 11) is 3.65. The fourth-order valence-electron chi connectivity index (χ4n) is 2.83. The number of hydrogen-bond donors (Lipinski definition) is 1. The van der Waals surface area contributed by atoms with Crippen molar-refractivity contribution < 1.29 is 9.53 Å². The lowest BCUT2D eigenvalue weighted by molar-refractivity contribution is -0.126. The van der Waals surface area contributed by atoms with Crippen LogP contribution < -0.4 is 10.1 Å². The van der Waals surface area contributed by atoms with Crippen LogP contribution in [0, 0.1) is 0 Å². The highest BCUT2D eigenvalue weighted by Gasteiger charge is 2.23. The van der Waals surface area contributed by atoms with E-state index in [1.54, 1.807) is 7.11 Å². The summed E-state index contributed by atoms with van der Waals surface area (Å²) in [4.78, 5) is 14.4. The Morgan fingerprint density at radius 2 is 2.05 bits per heavy atom. The van der Waals surface area contributed by atoms with Crippen molar-refractivity contribution in [1.82, 2.24) is 10.2 Å². The number of amides is 1. The molecule has 0 unspecified atom stereocenters. The van der Waals surface area contributed by atoms with Crippen LogP contribution >= 0.6 is 0 Å². The summed E-state index contributed by atoms with van der Waals surface area (Å²) in [5, 5.41) is 3.16. The molecule has 0 radical (unpaired) electrons. The summed E-state index contributed by atoms with van der Waals surface area (Å²) in [6.45, 7) is 2.66. The minimum Gasteiger partial charge on any atom is -0.496 e. The molecule has 0 heterocycles. The smallest absolute Gasteiger partial charge is 0.237 e. The lowest BCUT2D eigenvalue weighted by Crippen LogP contribution is -2.46. The quantitative estimate of drug-likeness (QED) is 0.875. The minimum atomic E-state index is -0.143. The molecule has 1 N–H and O–H groups in total. The average molecular weight is 290 g/mol. The molecule has 0 bridgehead atoms. The lowest BCUT2D eigenvalue weighted by atomic mass is 10.1. The molecule has 1 aromatic carbocycles. The maximum absolute atomic E-state index is 12.3. The Labute approximate surface area is 127 Å². The molecule has 4 heteroatoms. The molecule has 0 aromatic heterocycles. The third-order valence-corrected chi connectivity index (χ3v) is 4.35. The van der Waals surface area contributed by atoms with Crippen LogP contribution in [-0.4, -0.2) is 37.0 Å². The van der Waals surface area contributed by atoms with Gasteiger partial charge in [-0.2, -0.15) is 0 Å². The van der Waals surface area contributed by atoms with Gasteiger partial charge in [-0.05, 0) is 32.9 Å². The van der Waals surface area contributed by atoms with Gasteiger partial charge in [0.15, 0.2) is 0 Å². The summed E-state index contributed by atoms with van der Waals surface area (Å²) in [5.41, 5.74) is 1.10. The molecule has 1 atom stereocenters. The van der Waals surface area contributed by atoms with Crippen LogP contribution in [0.3, 0.4) is 0 Å². The zero-order chi connectivity index (χ0) is 15.2. The van der Waals surface area contributed by atoms with Crippen molar-refractivity contribution in [2.75, 3.05) is 14.2 Å². The number of methoxy groups -OCH3 is 1. The fraction of sp³-hybridized carbons (Fsp3) is 0.588. The molecule has 116 valence electrons. The summed E-state index contributed by atoms with van der Waals surface area (Å²) in [6, 6.07) is 8.17. The van der Waals surface area contributed by atoms with Crippen molar-refractivity contribution in [3.8, 4) is 5.75 Å². The van der Waals surface area contributed by atoms with Crippen LogP contribution in [-0.2, 0) is 11.3 Å². The molecule has 2 rings (SSSR count). The summed E-state index contributed by atoms with van der Waals surface area (Å²) in [5.74, 6) is 0.993. The Balaban J connectivity index is 1.92. The van der Waals surface area contributed by atoms with Gasteiger partial charge in [0.2, 0.25) is 5.91 Å². The van der Waals surface area contributed by atoms with Gasteiger partial charge in [0, 0.05) is 18.2 Å². The monoisotopic (exact) mass is 290 g/mol. The van der Waals surface area contributed by atoms with E-state index in [-0.39, 0.29) is 11.9 Å². The van der Waals surface area contributed by atoms with Crippen LogP contribution in [0.15, 0.2) is 24.3 Å². The maximum Gasteiger partial charge on any atom is 0.237 e. The van der Waals surface area contributed by atoms with Crippen LogP contribution in [0.4, 0.5) is 0 Å². The first kappa shape index (κ1) is 15.8. The third kappa shape index (κ3) is 4.21. The molecule has 1 aromatic rings. The van der Waals surface area contributed by atoms with Gasteiger partial charge in [0.05, 0.1) is 13.2 Å². The summed E-state index contributed by atoms with van der Waals surface area (Å²) < 4.78 is 5.37. The second kappa shape index (κ2) is 7.46. The molecule has 1 aliphatic carbocycles. The van der Waals surface area contributed by atoms with E-state index in [4.69, 9.17) is 4.74 Å². The highest BCUT2D eigenvalue weighted by molar-refractivity contribution is 5.81. The predicted octanol–water partition coefficient (Wildman–Crippen LogP) is 2.57. The molecule has 21 heavy (non-hydrogen) atoms. The molecule has 1 fully saturated rings. The maximum atomic E-state index is 12.3. The number of likely N-dealkylation sites (N-methyl/N-ethyl adjacent to an activating group) is 1. The second-order valence-corrected chi connectivity index (χ2v) is 5.89. The first-order chi connectivity index (χ1) is 10.1. The van der Waals surface area contributed by atoms with E-state index in [0.717, 1.165) is 24.2 Å². The van der Waals surface area contributed by atoms with Crippen LogP contribution in [0.1, 0.15) is 38.2 Å². The van der Waals surface area contributed by atoms with E-state index in [1.165, 1.54) is 12.8 Å². The molecule has 1 saturated carbocycles. The molecular formula is C17H26N2O2. The Kier molecular flexibility index (Phi) is 5.62.